The van der Waals surface area contributed by atoms with E-state index < -0.39 is 18.0 Å². The predicted octanol–water partition coefficient (Wildman–Crippen LogP) is 3.06. The van der Waals surface area contributed by atoms with Crippen LogP contribution >= 0.6 is 11.6 Å². The molecule has 2 rings (SSSR count). The molecular formula is C19H18ClN5O2. The monoisotopic (exact) mass is 383 g/mol. The molecule has 0 aromatic heterocycles. The first-order valence-electron chi connectivity index (χ1n) is 8.05. The second kappa shape index (κ2) is 9.36. The van der Waals surface area contributed by atoms with Crippen molar-refractivity contribution in [2.45, 2.75) is 19.4 Å². The summed E-state index contributed by atoms with van der Waals surface area (Å²) in [5, 5.41) is 25.2. The standard InChI is InChI=1S/C19H18ClN5O2/c1-12(26)23-18(22)17(10-13-2-6-15(20)7-3-13)25-19(27)24-16-8-4-14(11-21)5-9-16/h2-9,17H,10H2,1H3,(H2,22,23,26)(H2,24,25,27)/t17-/m0/s1. The van der Waals surface area contributed by atoms with E-state index in [0.717, 1.165) is 5.56 Å². The van der Waals surface area contributed by atoms with Gasteiger partial charge in [-0.3, -0.25) is 10.2 Å². The molecule has 0 aliphatic rings. The summed E-state index contributed by atoms with van der Waals surface area (Å²) in [5.41, 5.74) is 1.83. The molecule has 0 saturated heterocycles. The van der Waals surface area contributed by atoms with Gasteiger partial charge in [0.15, 0.2) is 0 Å². The van der Waals surface area contributed by atoms with Crippen LogP contribution in [-0.2, 0) is 11.2 Å². The summed E-state index contributed by atoms with van der Waals surface area (Å²) in [6.07, 6.45) is 0.303. The number of hydrogen-bond acceptors (Lipinski definition) is 4. The molecule has 0 fully saturated rings. The number of hydrogen-bond donors (Lipinski definition) is 4. The van der Waals surface area contributed by atoms with Crippen molar-refractivity contribution in [2.75, 3.05) is 5.32 Å². The largest absolute Gasteiger partial charge is 0.328 e. The van der Waals surface area contributed by atoms with Crippen molar-refractivity contribution in [1.29, 1.82) is 10.7 Å². The fraction of sp³-hybridized carbons (Fsp3) is 0.158. The minimum absolute atomic E-state index is 0.118. The Labute approximate surface area is 161 Å². The highest BCUT2D eigenvalue weighted by Gasteiger charge is 2.19. The number of rotatable bonds is 5. The lowest BCUT2D eigenvalue weighted by Gasteiger charge is -2.20. The third-order valence-electron chi connectivity index (χ3n) is 3.59. The summed E-state index contributed by atoms with van der Waals surface area (Å²) >= 11 is 5.88. The number of carbonyl (C=O) groups excluding carboxylic acids is 2. The summed E-state index contributed by atoms with van der Waals surface area (Å²) in [5.74, 6) is -0.511. The topological polar surface area (TPSA) is 118 Å². The van der Waals surface area contributed by atoms with Crippen molar-refractivity contribution in [2.24, 2.45) is 0 Å². The van der Waals surface area contributed by atoms with E-state index >= 15 is 0 Å². The van der Waals surface area contributed by atoms with E-state index in [4.69, 9.17) is 22.3 Å². The number of nitrogens with one attached hydrogen (secondary N) is 4. The van der Waals surface area contributed by atoms with Gasteiger partial charge < -0.3 is 16.0 Å². The first-order valence-corrected chi connectivity index (χ1v) is 8.43. The number of amides is 3. The highest BCUT2D eigenvalue weighted by atomic mass is 35.5. The molecule has 0 heterocycles. The first kappa shape index (κ1) is 19.9. The van der Waals surface area contributed by atoms with Crippen molar-refractivity contribution >= 4 is 35.1 Å². The average Bonchev–Trinajstić information content (AvgIpc) is 2.63. The molecule has 7 nitrogen and oxygen atoms in total. The van der Waals surface area contributed by atoms with Crippen LogP contribution in [0.3, 0.4) is 0 Å². The van der Waals surface area contributed by atoms with Gasteiger partial charge in [0.25, 0.3) is 0 Å². The van der Waals surface area contributed by atoms with Crippen molar-refractivity contribution in [1.82, 2.24) is 10.6 Å². The van der Waals surface area contributed by atoms with Gasteiger partial charge in [0.1, 0.15) is 5.84 Å². The summed E-state index contributed by atoms with van der Waals surface area (Å²) < 4.78 is 0. The molecule has 0 bridgehead atoms. The van der Waals surface area contributed by atoms with Crippen LogP contribution in [0, 0.1) is 16.7 Å². The van der Waals surface area contributed by atoms with Gasteiger partial charge in [0.2, 0.25) is 5.91 Å². The lowest BCUT2D eigenvalue weighted by molar-refractivity contribution is -0.117. The first-order chi connectivity index (χ1) is 12.9. The average molecular weight is 384 g/mol. The summed E-state index contributed by atoms with van der Waals surface area (Å²) in [6, 6.07) is 14.1. The number of urea groups is 1. The minimum atomic E-state index is -0.742. The molecule has 0 radical (unpaired) electrons. The van der Waals surface area contributed by atoms with Crippen LogP contribution in [0.2, 0.25) is 5.02 Å². The zero-order valence-corrected chi connectivity index (χ0v) is 15.3. The van der Waals surface area contributed by atoms with Gasteiger partial charge in [-0.25, -0.2) is 4.79 Å². The third-order valence-corrected chi connectivity index (χ3v) is 3.84. The lowest BCUT2D eigenvalue weighted by atomic mass is 10.0. The van der Waals surface area contributed by atoms with Crippen LogP contribution in [0.15, 0.2) is 48.5 Å². The van der Waals surface area contributed by atoms with Gasteiger partial charge in [0, 0.05) is 17.6 Å². The molecule has 1 atom stereocenters. The van der Waals surface area contributed by atoms with Crippen molar-refractivity contribution < 1.29 is 9.59 Å². The number of nitriles is 1. The number of halogens is 1. The molecule has 4 N–H and O–H groups in total. The van der Waals surface area contributed by atoms with Gasteiger partial charge in [-0.2, -0.15) is 5.26 Å². The number of carbonyl (C=O) groups is 2. The molecule has 0 unspecified atom stereocenters. The number of amidine groups is 1. The van der Waals surface area contributed by atoms with Crippen LogP contribution in [-0.4, -0.2) is 23.8 Å². The van der Waals surface area contributed by atoms with Gasteiger partial charge in [0.05, 0.1) is 17.7 Å². The quantitative estimate of drug-likeness (QED) is 0.469. The normalized spacial score (nSPS) is 11.0. The Morgan fingerprint density at radius 3 is 2.33 bits per heavy atom. The van der Waals surface area contributed by atoms with E-state index in [1.165, 1.54) is 6.92 Å². The van der Waals surface area contributed by atoms with Gasteiger partial charge in [-0.15, -0.1) is 0 Å². The molecule has 2 aromatic carbocycles. The SMILES string of the molecule is CC(=O)NC(=N)[C@H](Cc1ccc(Cl)cc1)NC(=O)Nc1ccc(C#N)cc1. The molecule has 27 heavy (non-hydrogen) atoms. The van der Waals surface area contributed by atoms with Crippen LogP contribution in [0.4, 0.5) is 10.5 Å². The second-order valence-corrected chi connectivity index (χ2v) is 6.20. The molecule has 0 aliphatic carbocycles. The van der Waals surface area contributed by atoms with Crippen LogP contribution in [0.25, 0.3) is 0 Å². The molecular weight excluding hydrogens is 366 g/mol. The Balaban J connectivity index is 2.08. The smallest absolute Gasteiger partial charge is 0.319 e. The third kappa shape index (κ3) is 6.45. The number of anilines is 1. The maximum absolute atomic E-state index is 12.3. The van der Waals surface area contributed by atoms with Crippen molar-refractivity contribution in [3.8, 4) is 6.07 Å². The van der Waals surface area contributed by atoms with Crippen molar-refractivity contribution in [3.05, 3.63) is 64.7 Å². The Morgan fingerprint density at radius 1 is 1.15 bits per heavy atom. The maximum Gasteiger partial charge on any atom is 0.319 e. The van der Waals surface area contributed by atoms with E-state index in [1.807, 2.05) is 6.07 Å². The van der Waals surface area contributed by atoms with E-state index in [1.54, 1.807) is 48.5 Å². The highest BCUT2D eigenvalue weighted by molar-refractivity contribution is 6.30. The van der Waals surface area contributed by atoms with Gasteiger partial charge >= 0.3 is 6.03 Å². The Morgan fingerprint density at radius 2 is 1.78 bits per heavy atom. The van der Waals surface area contributed by atoms with E-state index in [0.29, 0.717) is 22.7 Å². The summed E-state index contributed by atoms with van der Waals surface area (Å²) in [7, 11) is 0. The number of nitrogens with zero attached hydrogens (tertiary/aromatic N) is 1. The number of benzene rings is 2. The van der Waals surface area contributed by atoms with E-state index in [-0.39, 0.29) is 5.84 Å². The Kier molecular flexibility index (Phi) is 6.92. The fourth-order valence-electron chi connectivity index (χ4n) is 2.31. The summed E-state index contributed by atoms with van der Waals surface area (Å²) in [6.45, 7) is 1.30. The molecule has 8 heteroatoms. The Hall–Kier alpha value is -3.37. The fourth-order valence-corrected chi connectivity index (χ4v) is 2.44. The van der Waals surface area contributed by atoms with E-state index in [2.05, 4.69) is 16.0 Å². The predicted molar refractivity (Wildman–Crippen MR) is 104 cm³/mol. The molecule has 2 aromatic rings. The molecule has 0 saturated carbocycles. The van der Waals surface area contributed by atoms with Gasteiger partial charge in [-0.05, 0) is 48.4 Å². The van der Waals surface area contributed by atoms with Crippen LogP contribution in [0.5, 0.6) is 0 Å². The second-order valence-electron chi connectivity index (χ2n) is 5.77. The highest BCUT2D eigenvalue weighted by Crippen LogP contribution is 2.12. The molecule has 3 amide bonds. The zero-order valence-electron chi connectivity index (χ0n) is 14.5. The van der Waals surface area contributed by atoms with E-state index in [9.17, 15) is 9.59 Å². The molecule has 0 spiro atoms. The zero-order chi connectivity index (χ0) is 19.8. The van der Waals surface area contributed by atoms with Crippen molar-refractivity contribution in [3.63, 3.8) is 0 Å². The molecule has 138 valence electrons. The Bertz CT molecular complexity index is 872. The molecule has 0 aliphatic heterocycles. The lowest BCUT2D eigenvalue weighted by Crippen LogP contribution is -2.50. The maximum atomic E-state index is 12.3. The summed E-state index contributed by atoms with van der Waals surface area (Å²) in [4.78, 5) is 23.6. The van der Waals surface area contributed by atoms with Crippen LogP contribution in [0.1, 0.15) is 18.1 Å². The van der Waals surface area contributed by atoms with Gasteiger partial charge in [-0.1, -0.05) is 23.7 Å². The minimum Gasteiger partial charge on any atom is -0.328 e. The van der Waals surface area contributed by atoms with Crippen LogP contribution < -0.4 is 16.0 Å².